The Morgan fingerprint density at radius 3 is 2.10 bits per heavy atom. The Morgan fingerprint density at radius 2 is 1.60 bits per heavy atom. The van der Waals surface area contributed by atoms with E-state index in [4.69, 9.17) is 0 Å². The molecule has 3 unspecified atom stereocenters. The molecule has 1 heteroatoms. The van der Waals surface area contributed by atoms with Crippen molar-refractivity contribution in [3.05, 3.63) is 0 Å². The van der Waals surface area contributed by atoms with Crippen molar-refractivity contribution in [2.45, 2.75) is 104 Å². The van der Waals surface area contributed by atoms with Crippen LogP contribution in [0, 0.1) is 17.8 Å². The molecule has 1 saturated carbocycles. The van der Waals surface area contributed by atoms with Gasteiger partial charge in [-0.2, -0.15) is 0 Å². The van der Waals surface area contributed by atoms with Gasteiger partial charge in [0.1, 0.15) is 0 Å². The first kappa shape index (κ1) is 18.0. The molecular weight excluding hydrogens is 242 g/mol. The number of rotatable bonds is 9. The summed E-state index contributed by atoms with van der Waals surface area (Å²) >= 11 is 0. The van der Waals surface area contributed by atoms with Gasteiger partial charge in [-0.1, -0.05) is 59.8 Å². The average Bonchev–Trinajstić information content (AvgIpc) is 2.47. The summed E-state index contributed by atoms with van der Waals surface area (Å²) in [5.74, 6) is 2.82. The van der Waals surface area contributed by atoms with E-state index >= 15 is 0 Å². The molecule has 0 heterocycles. The second-order valence-electron chi connectivity index (χ2n) is 7.38. The zero-order valence-corrected chi connectivity index (χ0v) is 14.8. The molecule has 1 rings (SSSR count). The molecular formula is C19H39N. The van der Waals surface area contributed by atoms with Crippen LogP contribution < -0.4 is 5.32 Å². The Labute approximate surface area is 128 Å². The summed E-state index contributed by atoms with van der Waals surface area (Å²) in [6.07, 6.45) is 12.6. The SMILES string of the molecule is CCCC1CCC(C(C)NC(CC)CC(C)CC)CC1. The van der Waals surface area contributed by atoms with Gasteiger partial charge < -0.3 is 5.32 Å². The summed E-state index contributed by atoms with van der Waals surface area (Å²) in [7, 11) is 0. The fourth-order valence-electron chi connectivity index (χ4n) is 3.90. The van der Waals surface area contributed by atoms with Crippen molar-refractivity contribution in [1.29, 1.82) is 0 Å². The van der Waals surface area contributed by atoms with Crippen LogP contribution in [0.25, 0.3) is 0 Å². The van der Waals surface area contributed by atoms with E-state index in [0.717, 1.165) is 23.8 Å². The highest BCUT2D eigenvalue weighted by atomic mass is 14.9. The maximum Gasteiger partial charge on any atom is 0.00695 e. The molecule has 0 amide bonds. The molecule has 1 aliphatic carbocycles. The highest BCUT2D eigenvalue weighted by Crippen LogP contribution is 2.33. The summed E-state index contributed by atoms with van der Waals surface area (Å²) in [5.41, 5.74) is 0. The van der Waals surface area contributed by atoms with Crippen molar-refractivity contribution in [2.24, 2.45) is 17.8 Å². The van der Waals surface area contributed by atoms with Crippen LogP contribution in [0.3, 0.4) is 0 Å². The third-order valence-electron chi connectivity index (χ3n) is 5.67. The molecule has 0 radical (unpaired) electrons. The molecule has 0 spiro atoms. The Bertz CT molecular complexity index is 230. The lowest BCUT2D eigenvalue weighted by Gasteiger charge is -2.35. The van der Waals surface area contributed by atoms with Gasteiger partial charge in [-0.15, -0.1) is 0 Å². The zero-order valence-electron chi connectivity index (χ0n) is 14.8. The van der Waals surface area contributed by atoms with E-state index in [0.29, 0.717) is 6.04 Å². The van der Waals surface area contributed by atoms with Crippen LogP contribution in [-0.2, 0) is 0 Å². The summed E-state index contributed by atoms with van der Waals surface area (Å²) in [6.45, 7) is 11.8. The largest absolute Gasteiger partial charge is 0.311 e. The summed E-state index contributed by atoms with van der Waals surface area (Å²) in [5, 5.41) is 3.95. The van der Waals surface area contributed by atoms with Gasteiger partial charge in [-0.05, 0) is 50.4 Å². The fourth-order valence-corrected chi connectivity index (χ4v) is 3.90. The van der Waals surface area contributed by atoms with Crippen LogP contribution in [0.15, 0.2) is 0 Å². The molecule has 1 aliphatic rings. The molecule has 3 atom stereocenters. The van der Waals surface area contributed by atoms with Crippen molar-refractivity contribution < 1.29 is 0 Å². The molecule has 0 bridgehead atoms. The Morgan fingerprint density at radius 1 is 0.950 bits per heavy atom. The summed E-state index contributed by atoms with van der Waals surface area (Å²) < 4.78 is 0. The Hall–Kier alpha value is -0.0400. The molecule has 0 aromatic carbocycles. The van der Waals surface area contributed by atoms with E-state index in [1.165, 1.54) is 57.8 Å². The van der Waals surface area contributed by atoms with Gasteiger partial charge in [0, 0.05) is 12.1 Å². The normalized spacial score (nSPS) is 28.1. The lowest BCUT2D eigenvalue weighted by Crippen LogP contribution is -2.42. The van der Waals surface area contributed by atoms with E-state index in [1.807, 2.05) is 0 Å². The molecule has 120 valence electrons. The minimum atomic E-state index is 0.714. The minimum Gasteiger partial charge on any atom is -0.311 e. The van der Waals surface area contributed by atoms with Crippen LogP contribution in [0.5, 0.6) is 0 Å². The first-order chi connectivity index (χ1) is 9.60. The smallest absolute Gasteiger partial charge is 0.00695 e. The van der Waals surface area contributed by atoms with Crippen molar-refractivity contribution in [3.8, 4) is 0 Å². The number of hydrogen-bond donors (Lipinski definition) is 1. The van der Waals surface area contributed by atoms with Crippen LogP contribution in [-0.4, -0.2) is 12.1 Å². The maximum atomic E-state index is 3.95. The van der Waals surface area contributed by atoms with Crippen molar-refractivity contribution >= 4 is 0 Å². The highest BCUT2D eigenvalue weighted by Gasteiger charge is 2.26. The molecule has 0 aromatic rings. The summed E-state index contributed by atoms with van der Waals surface area (Å²) in [4.78, 5) is 0. The third kappa shape index (κ3) is 6.16. The predicted molar refractivity (Wildman–Crippen MR) is 91.1 cm³/mol. The highest BCUT2D eigenvalue weighted by molar-refractivity contribution is 4.82. The molecule has 0 aromatic heterocycles. The first-order valence-corrected chi connectivity index (χ1v) is 9.36. The fraction of sp³-hybridized carbons (Fsp3) is 1.00. The Kier molecular flexibility index (Phi) is 8.84. The second-order valence-corrected chi connectivity index (χ2v) is 7.38. The van der Waals surface area contributed by atoms with E-state index in [9.17, 15) is 0 Å². The van der Waals surface area contributed by atoms with Gasteiger partial charge in [-0.3, -0.25) is 0 Å². The standard InChI is InChI=1S/C19H39N/c1-6-9-17-10-12-18(13-11-17)16(5)20-19(8-3)14-15(4)7-2/h15-20H,6-14H2,1-5H3. The summed E-state index contributed by atoms with van der Waals surface area (Å²) in [6, 6.07) is 1.44. The molecule has 1 fully saturated rings. The molecule has 1 nitrogen and oxygen atoms in total. The lowest BCUT2D eigenvalue weighted by molar-refractivity contribution is 0.205. The first-order valence-electron chi connectivity index (χ1n) is 9.36. The lowest BCUT2D eigenvalue weighted by atomic mass is 9.77. The van der Waals surface area contributed by atoms with Gasteiger partial charge in [0.25, 0.3) is 0 Å². The van der Waals surface area contributed by atoms with Gasteiger partial charge in [-0.25, -0.2) is 0 Å². The maximum absolute atomic E-state index is 3.95. The van der Waals surface area contributed by atoms with Crippen LogP contribution in [0.2, 0.25) is 0 Å². The Balaban J connectivity index is 2.32. The monoisotopic (exact) mass is 281 g/mol. The van der Waals surface area contributed by atoms with Gasteiger partial charge in [0.15, 0.2) is 0 Å². The average molecular weight is 282 g/mol. The van der Waals surface area contributed by atoms with Gasteiger partial charge in [0.05, 0.1) is 0 Å². The minimum absolute atomic E-state index is 0.714. The molecule has 0 aliphatic heterocycles. The second kappa shape index (κ2) is 9.82. The van der Waals surface area contributed by atoms with Gasteiger partial charge >= 0.3 is 0 Å². The number of hydrogen-bond acceptors (Lipinski definition) is 1. The molecule has 0 saturated heterocycles. The quantitative estimate of drug-likeness (QED) is 0.564. The number of nitrogens with one attached hydrogen (secondary N) is 1. The molecule has 1 N–H and O–H groups in total. The van der Waals surface area contributed by atoms with Crippen molar-refractivity contribution in [2.75, 3.05) is 0 Å². The topological polar surface area (TPSA) is 12.0 Å². The van der Waals surface area contributed by atoms with Crippen molar-refractivity contribution in [1.82, 2.24) is 5.32 Å². The van der Waals surface area contributed by atoms with Gasteiger partial charge in [0.2, 0.25) is 0 Å². The third-order valence-corrected chi connectivity index (χ3v) is 5.67. The van der Waals surface area contributed by atoms with E-state index in [-0.39, 0.29) is 0 Å². The van der Waals surface area contributed by atoms with E-state index in [2.05, 4.69) is 39.9 Å². The van der Waals surface area contributed by atoms with Crippen LogP contribution in [0.1, 0.15) is 92.4 Å². The van der Waals surface area contributed by atoms with Crippen LogP contribution in [0.4, 0.5) is 0 Å². The van der Waals surface area contributed by atoms with E-state index in [1.54, 1.807) is 0 Å². The molecule has 20 heavy (non-hydrogen) atoms. The predicted octanol–water partition coefficient (Wildman–Crippen LogP) is 5.79. The van der Waals surface area contributed by atoms with Crippen LogP contribution >= 0.6 is 0 Å². The van der Waals surface area contributed by atoms with E-state index < -0.39 is 0 Å². The zero-order chi connectivity index (χ0) is 15.0. The van der Waals surface area contributed by atoms with Crippen molar-refractivity contribution in [3.63, 3.8) is 0 Å².